The number of para-hydroxylation sites is 1. The molecule has 0 radical (unpaired) electrons. The summed E-state index contributed by atoms with van der Waals surface area (Å²) in [5.74, 6) is 0.706. The summed E-state index contributed by atoms with van der Waals surface area (Å²) in [6.45, 7) is 2.55. The van der Waals surface area contributed by atoms with Crippen LogP contribution in [0.1, 0.15) is 21.5 Å². The van der Waals surface area contributed by atoms with Crippen LogP contribution in [0.4, 0.5) is 0 Å². The summed E-state index contributed by atoms with van der Waals surface area (Å²) in [6.07, 6.45) is 1.71. The topological polar surface area (TPSA) is 26.3 Å². The van der Waals surface area contributed by atoms with Gasteiger partial charge in [0.2, 0.25) is 0 Å². The highest BCUT2D eigenvalue weighted by molar-refractivity contribution is 7.07. The van der Waals surface area contributed by atoms with Crippen LogP contribution in [0.3, 0.4) is 0 Å². The predicted molar refractivity (Wildman–Crippen MR) is 70.1 cm³/mol. The van der Waals surface area contributed by atoms with Crippen LogP contribution < -0.4 is 4.74 Å². The zero-order valence-corrected chi connectivity index (χ0v) is 10.5. The summed E-state index contributed by atoms with van der Waals surface area (Å²) >= 11 is 1.68. The Hall–Kier alpha value is -1.61. The zero-order valence-electron chi connectivity index (χ0n) is 9.68. The van der Waals surface area contributed by atoms with Crippen LogP contribution in [0.2, 0.25) is 0 Å². The van der Waals surface area contributed by atoms with Gasteiger partial charge in [-0.25, -0.2) is 0 Å². The van der Waals surface area contributed by atoms with Crippen molar-refractivity contribution in [3.05, 3.63) is 51.7 Å². The monoisotopic (exact) mass is 246 g/mol. The lowest BCUT2D eigenvalue weighted by atomic mass is 10.1. The van der Waals surface area contributed by atoms with Crippen LogP contribution >= 0.6 is 11.3 Å². The average Bonchev–Trinajstić information content (AvgIpc) is 2.84. The summed E-state index contributed by atoms with van der Waals surface area (Å²) in [7, 11) is 0. The number of aldehydes is 1. The maximum absolute atomic E-state index is 10.9. The van der Waals surface area contributed by atoms with Crippen LogP contribution in [0, 0.1) is 6.92 Å². The number of aryl methyl sites for hydroxylation is 1. The van der Waals surface area contributed by atoms with E-state index in [1.54, 1.807) is 17.4 Å². The van der Waals surface area contributed by atoms with Gasteiger partial charge in [0.25, 0.3) is 0 Å². The molecule has 1 aromatic carbocycles. The predicted octanol–water partition coefficient (Wildman–Crippen LogP) is 3.49. The molecule has 2 aromatic rings. The third-order valence-electron chi connectivity index (χ3n) is 2.59. The summed E-state index contributed by atoms with van der Waals surface area (Å²) in [6, 6.07) is 7.68. The van der Waals surface area contributed by atoms with E-state index in [0.717, 1.165) is 18.3 Å². The lowest BCUT2D eigenvalue weighted by Gasteiger charge is -2.10. The Bertz CT molecular complexity index is 489. The van der Waals surface area contributed by atoms with Crippen molar-refractivity contribution in [2.75, 3.05) is 6.61 Å². The van der Waals surface area contributed by atoms with Crippen molar-refractivity contribution in [3.63, 3.8) is 0 Å². The van der Waals surface area contributed by atoms with Crippen molar-refractivity contribution in [2.45, 2.75) is 13.3 Å². The van der Waals surface area contributed by atoms with E-state index in [0.29, 0.717) is 17.9 Å². The quantitative estimate of drug-likeness (QED) is 0.755. The van der Waals surface area contributed by atoms with Crippen LogP contribution in [0.15, 0.2) is 35.0 Å². The van der Waals surface area contributed by atoms with Gasteiger partial charge >= 0.3 is 0 Å². The van der Waals surface area contributed by atoms with E-state index in [2.05, 4.69) is 16.8 Å². The molecule has 0 saturated carbocycles. The summed E-state index contributed by atoms with van der Waals surface area (Å²) in [4.78, 5) is 10.9. The fourth-order valence-corrected chi connectivity index (χ4v) is 2.37. The molecule has 0 N–H and O–H groups in total. The Morgan fingerprint density at radius 2 is 2.24 bits per heavy atom. The van der Waals surface area contributed by atoms with Gasteiger partial charge in [-0.2, -0.15) is 11.3 Å². The van der Waals surface area contributed by atoms with Gasteiger partial charge in [0.15, 0.2) is 6.29 Å². The van der Waals surface area contributed by atoms with E-state index < -0.39 is 0 Å². The van der Waals surface area contributed by atoms with Crippen LogP contribution in [-0.2, 0) is 6.42 Å². The van der Waals surface area contributed by atoms with E-state index in [-0.39, 0.29) is 0 Å². The van der Waals surface area contributed by atoms with Crippen molar-refractivity contribution < 1.29 is 9.53 Å². The minimum atomic E-state index is 0.600. The second-order valence-electron chi connectivity index (χ2n) is 3.84. The molecule has 0 fully saturated rings. The minimum absolute atomic E-state index is 0.600. The Morgan fingerprint density at radius 1 is 1.35 bits per heavy atom. The smallest absolute Gasteiger partial charge is 0.153 e. The molecule has 0 unspecified atom stereocenters. The molecule has 0 aliphatic carbocycles. The number of carbonyl (C=O) groups is 1. The Kier molecular flexibility index (Phi) is 3.94. The Labute approximate surface area is 105 Å². The largest absolute Gasteiger partial charge is 0.492 e. The fraction of sp³-hybridized carbons (Fsp3) is 0.214. The van der Waals surface area contributed by atoms with Gasteiger partial charge in [0.05, 0.1) is 12.2 Å². The molecule has 0 spiro atoms. The second kappa shape index (κ2) is 5.64. The van der Waals surface area contributed by atoms with Gasteiger partial charge in [-0.05, 0) is 40.9 Å². The lowest BCUT2D eigenvalue weighted by Crippen LogP contribution is -2.04. The van der Waals surface area contributed by atoms with Crippen molar-refractivity contribution in [1.29, 1.82) is 0 Å². The second-order valence-corrected chi connectivity index (χ2v) is 4.62. The third-order valence-corrected chi connectivity index (χ3v) is 3.32. The van der Waals surface area contributed by atoms with Crippen molar-refractivity contribution >= 4 is 17.6 Å². The van der Waals surface area contributed by atoms with Crippen LogP contribution in [0.25, 0.3) is 0 Å². The van der Waals surface area contributed by atoms with Gasteiger partial charge in [-0.3, -0.25) is 4.79 Å². The van der Waals surface area contributed by atoms with E-state index >= 15 is 0 Å². The fourth-order valence-electron chi connectivity index (χ4n) is 1.67. The molecular weight excluding hydrogens is 232 g/mol. The number of hydrogen-bond acceptors (Lipinski definition) is 3. The molecule has 0 atom stereocenters. The molecule has 17 heavy (non-hydrogen) atoms. The first-order valence-corrected chi connectivity index (χ1v) is 6.44. The average molecular weight is 246 g/mol. The number of rotatable bonds is 5. The van der Waals surface area contributed by atoms with Crippen molar-refractivity contribution in [2.24, 2.45) is 0 Å². The minimum Gasteiger partial charge on any atom is -0.492 e. The van der Waals surface area contributed by atoms with Crippen LogP contribution in [0.5, 0.6) is 5.75 Å². The first-order valence-electron chi connectivity index (χ1n) is 5.50. The van der Waals surface area contributed by atoms with E-state index in [4.69, 9.17) is 4.74 Å². The molecule has 1 heterocycles. The molecule has 0 amide bonds. The Balaban J connectivity index is 2.01. The molecule has 0 aliphatic rings. The van der Waals surface area contributed by atoms with Crippen molar-refractivity contribution in [1.82, 2.24) is 0 Å². The molecular formula is C14H14O2S. The number of hydrogen-bond donors (Lipinski definition) is 0. The number of ether oxygens (including phenoxy) is 1. The highest BCUT2D eigenvalue weighted by Crippen LogP contribution is 2.22. The van der Waals surface area contributed by atoms with E-state index in [9.17, 15) is 4.79 Å². The van der Waals surface area contributed by atoms with Gasteiger partial charge in [0, 0.05) is 6.42 Å². The molecule has 88 valence electrons. The van der Waals surface area contributed by atoms with E-state index in [1.807, 2.05) is 19.1 Å². The van der Waals surface area contributed by atoms with Gasteiger partial charge < -0.3 is 4.74 Å². The molecule has 2 nitrogen and oxygen atoms in total. The van der Waals surface area contributed by atoms with Gasteiger partial charge in [0.1, 0.15) is 5.75 Å². The first kappa shape index (κ1) is 11.9. The van der Waals surface area contributed by atoms with E-state index in [1.165, 1.54) is 5.56 Å². The Morgan fingerprint density at radius 3 is 2.94 bits per heavy atom. The van der Waals surface area contributed by atoms with Crippen LogP contribution in [-0.4, -0.2) is 12.9 Å². The molecule has 1 aromatic heterocycles. The highest BCUT2D eigenvalue weighted by Gasteiger charge is 2.05. The molecule has 3 heteroatoms. The summed E-state index contributed by atoms with van der Waals surface area (Å²) < 4.78 is 5.71. The van der Waals surface area contributed by atoms with Gasteiger partial charge in [-0.15, -0.1) is 0 Å². The zero-order chi connectivity index (χ0) is 12.1. The normalized spacial score (nSPS) is 10.2. The molecule has 0 saturated heterocycles. The first-order chi connectivity index (χ1) is 8.31. The molecule has 2 rings (SSSR count). The SMILES string of the molecule is Cc1cccc(C=O)c1OCCc1ccsc1. The maximum Gasteiger partial charge on any atom is 0.153 e. The van der Waals surface area contributed by atoms with Crippen molar-refractivity contribution in [3.8, 4) is 5.75 Å². The molecule has 0 aliphatic heterocycles. The summed E-state index contributed by atoms with van der Waals surface area (Å²) in [5.41, 5.74) is 2.89. The number of benzene rings is 1. The third kappa shape index (κ3) is 2.94. The highest BCUT2D eigenvalue weighted by atomic mass is 32.1. The maximum atomic E-state index is 10.9. The number of carbonyl (C=O) groups excluding carboxylic acids is 1. The lowest BCUT2D eigenvalue weighted by molar-refractivity contribution is 0.111. The summed E-state index contributed by atoms with van der Waals surface area (Å²) in [5, 5.41) is 4.17. The number of thiophene rings is 1. The van der Waals surface area contributed by atoms with Gasteiger partial charge in [-0.1, -0.05) is 12.1 Å². The standard InChI is InChI=1S/C14H14O2S/c1-11-3-2-4-13(9-15)14(11)16-7-5-12-6-8-17-10-12/h2-4,6,8-10H,5,7H2,1H3. The molecule has 0 bridgehead atoms.